The second kappa shape index (κ2) is 9.13. The molecule has 0 saturated carbocycles. The summed E-state index contributed by atoms with van der Waals surface area (Å²) >= 11 is 3.42. The molecule has 0 atom stereocenters. The Balaban J connectivity index is 1.81. The summed E-state index contributed by atoms with van der Waals surface area (Å²) in [5.41, 5.74) is 2.08. The van der Waals surface area contributed by atoms with E-state index in [9.17, 15) is 4.79 Å². The summed E-state index contributed by atoms with van der Waals surface area (Å²) in [5, 5.41) is 2.87. The lowest BCUT2D eigenvalue weighted by molar-refractivity contribution is -0.116. The van der Waals surface area contributed by atoms with E-state index in [4.69, 9.17) is 9.47 Å². The highest BCUT2D eigenvalue weighted by Gasteiger charge is 2.01. The van der Waals surface area contributed by atoms with E-state index in [1.807, 2.05) is 42.5 Å². The maximum atomic E-state index is 11.9. The third kappa shape index (κ3) is 5.42. The Bertz CT molecular complexity index is 711. The van der Waals surface area contributed by atoms with E-state index < -0.39 is 0 Å². The third-order valence-electron chi connectivity index (χ3n) is 3.47. The van der Waals surface area contributed by atoms with Gasteiger partial charge in [-0.15, -0.1) is 0 Å². The molecule has 4 nitrogen and oxygen atoms in total. The van der Waals surface area contributed by atoms with Crippen molar-refractivity contribution in [3.63, 3.8) is 0 Å². The van der Waals surface area contributed by atoms with Crippen LogP contribution in [0.2, 0.25) is 0 Å². The quantitative estimate of drug-likeness (QED) is 0.731. The summed E-state index contributed by atoms with van der Waals surface area (Å²) in [5.74, 6) is 1.47. The molecule has 0 spiro atoms. The first-order valence-electron chi connectivity index (χ1n) is 7.55. The van der Waals surface area contributed by atoms with Gasteiger partial charge >= 0.3 is 0 Å². The molecule has 0 radical (unpaired) electrons. The number of hydrogen-bond donors (Lipinski definition) is 1. The monoisotopic (exact) mass is 389 g/mol. The maximum Gasteiger partial charge on any atom is 0.244 e. The van der Waals surface area contributed by atoms with Gasteiger partial charge in [-0.25, -0.2) is 0 Å². The second-order valence-corrected chi connectivity index (χ2v) is 5.97. The maximum absolute atomic E-state index is 11.9. The number of benzene rings is 2. The van der Waals surface area contributed by atoms with Crippen LogP contribution in [0.5, 0.6) is 11.5 Å². The van der Waals surface area contributed by atoms with Crippen molar-refractivity contribution in [1.29, 1.82) is 0 Å². The summed E-state index contributed by atoms with van der Waals surface area (Å²) in [7, 11) is 3.26. The fraction of sp³-hybridized carbons (Fsp3) is 0.211. The van der Waals surface area contributed by atoms with Crippen LogP contribution in [0.3, 0.4) is 0 Å². The molecule has 0 fully saturated rings. The largest absolute Gasteiger partial charge is 0.497 e. The van der Waals surface area contributed by atoms with E-state index in [1.54, 1.807) is 20.3 Å². The van der Waals surface area contributed by atoms with Crippen LogP contribution in [0.15, 0.2) is 53.0 Å². The summed E-state index contributed by atoms with van der Waals surface area (Å²) < 4.78 is 11.1. The SMILES string of the molecule is COc1ccc(CCNC(=O)/C=C/c2ccc(OC)c(Br)c2)cc1. The topological polar surface area (TPSA) is 47.6 Å². The van der Waals surface area contributed by atoms with Gasteiger partial charge in [-0.1, -0.05) is 18.2 Å². The highest BCUT2D eigenvalue weighted by atomic mass is 79.9. The molecule has 0 aliphatic heterocycles. The Kier molecular flexibility index (Phi) is 6.88. The molecule has 5 heteroatoms. The summed E-state index contributed by atoms with van der Waals surface area (Å²) in [6.07, 6.45) is 4.08. The highest BCUT2D eigenvalue weighted by Crippen LogP contribution is 2.25. The van der Waals surface area contributed by atoms with Gasteiger partial charge in [0.25, 0.3) is 0 Å². The Morgan fingerprint density at radius 2 is 1.88 bits per heavy atom. The van der Waals surface area contributed by atoms with Crippen molar-refractivity contribution in [3.8, 4) is 11.5 Å². The average molecular weight is 390 g/mol. The van der Waals surface area contributed by atoms with Crippen molar-refractivity contribution < 1.29 is 14.3 Å². The fourth-order valence-electron chi connectivity index (χ4n) is 2.14. The van der Waals surface area contributed by atoms with Gasteiger partial charge in [0.1, 0.15) is 11.5 Å². The first-order valence-corrected chi connectivity index (χ1v) is 8.34. The van der Waals surface area contributed by atoms with E-state index in [0.29, 0.717) is 6.54 Å². The highest BCUT2D eigenvalue weighted by molar-refractivity contribution is 9.10. The Labute approximate surface area is 150 Å². The predicted octanol–water partition coefficient (Wildman–Crippen LogP) is 3.84. The van der Waals surface area contributed by atoms with Crippen molar-refractivity contribution in [2.45, 2.75) is 6.42 Å². The molecule has 0 aliphatic rings. The number of amides is 1. The van der Waals surface area contributed by atoms with Gasteiger partial charge in [0.05, 0.1) is 18.7 Å². The molecule has 0 aliphatic carbocycles. The van der Waals surface area contributed by atoms with Gasteiger partial charge in [0.2, 0.25) is 5.91 Å². The molecule has 126 valence electrons. The number of carbonyl (C=O) groups is 1. The zero-order valence-corrected chi connectivity index (χ0v) is 15.3. The van der Waals surface area contributed by atoms with Crippen LogP contribution >= 0.6 is 15.9 Å². The Morgan fingerprint density at radius 3 is 2.50 bits per heavy atom. The molecule has 24 heavy (non-hydrogen) atoms. The van der Waals surface area contributed by atoms with Crippen molar-refractivity contribution in [1.82, 2.24) is 5.32 Å². The van der Waals surface area contributed by atoms with Crippen molar-refractivity contribution >= 4 is 27.9 Å². The van der Waals surface area contributed by atoms with Crippen LogP contribution in [0, 0.1) is 0 Å². The molecular weight excluding hydrogens is 370 g/mol. The van der Waals surface area contributed by atoms with Gasteiger partial charge in [-0.3, -0.25) is 4.79 Å². The minimum absolute atomic E-state index is 0.115. The number of hydrogen-bond acceptors (Lipinski definition) is 3. The zero-order chi connectivity index (χ0) is 17.4. The lowest BCUT2D eigenvalue weighted by atomic mass is 10.1. The number of halogens is 1. The van der Waals surface area contributed by atoms with Crippen LogP contribution in [0.4, 0.5) is 0 Å². The Morgan fingerprint density at radius 1 is 1.12 bits per heavy atom. The molecule has 0 unspecified atom stereocenters. The molecule has 0 aromatic heterocycles. The summed E-state index contributed by atoms with van der Waals surface area (Å²) in [4.78, 5) is 11.9. The van der Waals surface area contributed by atoms with Crippen LogP contribution in [0.25, 0.3) is 6.08 Å². The number of nitrogens with one attached hydrogen (secondary N) is 1. The number of methoxy groups -OCH3 is 2. The molecule has 0 bridgehead atoms. The van der Waals surface area contributed by atoms with E-state index in [0.717, 1.165) is 33.5 Å². The summed E-state index contributed by atoms with van der Waals surface area (Å²) in [6.45, 7) is 0.585. The van der Waals surface area contributed by atoms with Gasteiger partial charge in [0, 0.05) is 12.6 Å². The van der Waals surface area contributed by atoms with Crippen molar-refractivity contribution in [2.24, 2.45) is 0 Å². The van der Waals surface area contributed by atoms with Crippen molar-refractivity contribution in [3.05, 3.63) is 64.1 Å². The molecular formula is C19H20BrNO3. The first kappa shape index (κ1) is 18.1. The smallest absolute Gasteiger partial charge is 0.244 e. The molecule has 0 heterocycles. The molecule has 2 aromatic rings. The number of rotatable bonds is 7. The molecule has 1 N–H and O–H groups in total. The standard InChI is InChI=1S/C19H20BrNO3/c1-23-16-7-3-14(4-8-16)11-12-21-19(22)10-6-15-5-9-18(24-2)17(20)13-15/h3-10,13H,11-12H2,1-2H3,(H,21,22)/b10-6+. The zero-order valence-electron chi connectivity index (χ0n) is 13.7. The van der Waals surface area contributed by atoms with Gasteiger partial charge in [-0.05, 0) is 63.8 Å². The van der Waals surface area contributed by atoms with Crippen LogP contribution in [0.1, 0.15) is 11.1 Å². The van der Waals surface area contributed by atoms with E-state index in [-0.39, 0.29) is 5.91 Å². The Hall–Kier alpha value is -2.27. The lowest BCUT2D eigenvalue weighted by Crippen LogP contribution is -2.23. The minimum atomic E-state index is -0.115. The fourth-order valence-corrected chi connectivity index (χ4v) is 2.70. The second-order valence-electron chi connectivity index (χ2n) is 5.12. The minimum Gasteiger partial charge on any atom is -0.497 e. The lowest BCUT2D eigenvalue weighted by Gasteiger charge is -2.05. The van der Waals surface area contributed by atoms with Crippen molar-refractivity contribution in [2.75, 3.05) is 20.8 Å². The van der Waals surface area contributed by atoms with Gasteiger partial charge < -0.3 is 14.8 Å². The number of carbonyl (C=O) groups excluding carboxylic acids is 1. The molecule has 0 saturated heterocycles. The molecule has 2 rings (SSSR count). The third-order valence-corrected chi connectivity index (χ3v) is 4.09. The van der Waals surface area contributed by atoms with Crippen LogP contribution < -0.4 is 14.8 Å². The summed E-state index contributed by atoms with van der Waals surface area (Å²) in [6, 6.07) is 13.5. The predicted molar refractivity (Wildman–Crippen MR) is 99.4 cm³/mol. The van der Waals surface area contributed by atoms with E-state index in [2.05, 4.69) is 21.2 Å². The van der Waals surface area contributed by atoms with E-state index in [1.165, 1.54) is 6.08 Å². The number of ether oxygens (including phenoxy) is 2. The molecule has 1 amide bonds. The van der Waals surface area contributed by atoms with Crippen LogP contribution in [-0.4, -0.2) is 26.7 Å². The van der Waals surface area contributed by atoms with Crippen LogP contribution in [-0.2, 0) is 11.2 Å². The van der Waals surface area contributed by atoms with E-state index >= 15 is 0 Å². The normalized spacial score (nSPS) is 10.6. The van der Waals surface area contributed by atoms with Gasteiger partial charge in [-0.2, -0.15) is 0 Å². The van der Waals surface area contributed by atoms with Gasteiger partial charge in [0.15, 0.2) is 0 Å². The first-order chi connectivity index (χ1) is 11.6. The average Bonchev–Trinajstić information content (AvgIpc) is 2.60. The molecule has 2 aromatic carbocycles.